The third-order valence-corrected chi connectivity index (χ3v) is 4.96. The van der Waals surface area contributed by atoms with Crippen molar-refractivity contribution in [2.75, 3.05) is 37.7 Å². The first-order valence-corrected chi connectivity index (χ1v) is 9.54. The Hall–Kier alpha value is -3.51. The number of ether oxygens (including phenoxy) is 1. The molecule has 33 heavy (non-hydrogen) atoms. The molecule has 13 heteroatoms. The second-order valence-electron chi connectivity index (χ2n) is 7.18. The van der Waals surface area contributed by atoms with Gasteiger partial charge in [0.15, 0.2) is 6.61 Å². The fourth-order valence-electron chi connectivity index (χ4n) is 3.26. The Bertz CT molecular complexity index is 1000. The molecular formula is C20H17F6N3O4. The number of nitro groups is 1. The Morgan fingerprint density at radius 1 is 0.939 bits per heavy atom. The molecule has 0 spiro atoms. The van der Waals surface area contributed by atoms with E-state index in [-0.39, 0.29) is 24.8 Å². The molecule has 0 bridgehead atoms. The Morgan fingerprint density at radius 3 is 2.03 bits per heavy atom. The maximum absolute atomic E-state index is 12.9. The second-order valence-corrected chi connectivity index (χ2v) is 7.18. The molecule has 0 N–H and O–H groups in total. The fraction of sp³-hybridized carbons (Fsp3) is 0.350. The summed E-state index contributed by atoms with van der Waals surface area (Å²) in [6.45, 7) is 0.307. The van der Waals surface area contributed by atoms with E-state index in [1.165, 1.54) is 23.1 Å². The topological polar surface area (TPSA) is 75.9 Å². The van der Waals surface area contributed by atoms with Gasteiger partial charge in [-0.3, -0.25) is 14.9 Å². The van der Waals surface area contributed by atoms with Crippen molar-refractivity contribution in [3.8, 4) is 5.75 Å². The number of halogens is 6. The molecule has 0 aliphatic carbocycles. The minimum atomic E-state index is -5.02. The van der Waals surface area contributed by atoms with Gasteiger partial charge in [-0.1, -0.05) is 6.07 Å². The van der Waals surface area contributed by atoms with Crippen molar-refractivity contribution in [1.29, 1.82) is 0 Å². The molecule has 0 radical (unpaired) electrons. The standard InChI is InChI=1S/C20H17F6N3O4/c21-19(22,23)13-8-14(20(24,25)26)10-17(9-13)33-12-18(30)28-6-4-27(5-7-28)15-2-1-3-16(11-15)29(31)32/h1-3,8-11H,4-7,12H2. The summed E-state index contributed by atoms with van der Waals surface area (Å²) in [6.07, 6.45) is -10.0. The molecular weight excluding hydrogens is 460 g/mol. The molecule has 0 aromatic heterocycles. The van der Waals surface area contributed by atoms with Crippen LogP contribution in [0.3, 0.4) is 0 Å². The maximum atomic E-state index is 12.9. The van der Waals surface area contributed by atoms with Gasteiger partial charge in [0.25, 0.3) is 11.6 Å². The lowest BCUT2D eigenvalue weighted by Crippen LogP contribution is -2.50. The van der Waals surface area contributed by atoms with E-state index in [9.17, 15) is 41.3 Å². The number of rotatable bonds is 5. The first-order chi connectivity index (χ1) is 15.3. The molecule has 2 aromatic rings. The lowest BCUT2D eigenvalue weighted by molar-refractivity contribution is -0.384. The normalized spacial score (nSPS) is 14.8. The molecule has 1 heterocycles. The highest BCUT2D eigenvalue weighted by atomic mass is 19.4. The van der Waals surface area contributed by atoms with Crippen LogP contribution < -0.4 is 9.64 Å². The van der Waals surface area contributed by atoms with Crippen LogP contribution in [0, 0.1) is 10.1 Å². The Morgan fingerprint density at radius 2 is 1.52 bits per heavy atom. The van der Waals surface area contributed by atoms with E-state index in [0.29, 0.717) is 30.9 Å². The van der Waals surface area contributed by atoms with Gasteiger partial charge in [0.1, 0.15) is 5.75 Å². The van der Waals surface area contributed by atoms with Gasteiger partial charge in [-0.25, -0.2) is 0 Å². The summed E-state index contributed by atoms with van der Waals surface area (Å²) < 4.78 is 82.6. The third kappa shape index (κ3) is 6.05. The van der Waals surface area contributed by atoms with Crippen LogP contribution in [-0.4, -0.2) is 48.5 Å². The molecule has 1 fully saturated rings. The Balaban J connectivity index is 1.62. The van der Waals surface area contributed by atoms with Gasteiger partial charge in [0.05, 0.1) is 16.1 Å². The molecule has 1 amide bonds. The smallest absolute Gasteiger partial charge is 0.416 e. The predicted molar refractivity (Wildman–Crippen MR) is 104 cm³/mol. The quantitative estimate of drug-likeness (QED) is 0.364. The molecule has 1 aliphatic heterocycles. The monoisotopic (exact) mass is 477 g/mol. The molecule has 7 nitrogen and oxygen atoms in total. The van der Waals surface area contributed by atoms with Crippen molar-refractivity contribution in [2.24, 2.45) is 0 Å². The van der Waals surface area contributed by atoms with Crippen LogP contribution in [0.1, 0.15) is 11.1 Å². The minimum Gasteiger partial charge on any atom is -0.484 e. The van der Waals surface area contributed by atoms with E-state index in [0.717, 1.165) is 0 Å². The summed E-state index contributed by atoms with van der Waals surface area (Å²) in [6, 6.07) is 6.74. The first kappa shape index (κ1) is 24.1. The van der Waals surface area contributed by atoms with E-state index in [2.05, 4.69) is 0 Å². The van der Waals surface area contributed by atoms with Gasteiger partial charge >= 0.3 is 12.4 Å². The summed E-state index contributed by atoms with van der Waals surface area (Å²) >= 11 is 0. The third-order valence-electron chi connectivity index (χ3n) is 4.96. The number of amides is 1. The van der Waals surface area contributed by atoms with E-state index >= 15 is 0 Å². The van der Waals surface area contributed by atoms with Gasteiger partial charge in [0.2, 0.25) is 0 Å². The first-order valence-electron chi connectivity index (χ1n) is 9.54. The largest absolute Gasteiger partial charge is 0.484 e. The summed E-state index contributed by atoms with van der Waals surface area (Å²) in [5.41, 5.74) is -2.56. The Labute approximate surface area is 183 Å². The van der Waals surface area contributed by atoms with E-state index < -0.39 is 46.7 Å². The molecule has 3 rings (SSSR count). The maximum Gasteiger partial charge on any atom is 0.416 e. The number of hydrogen-bond donors (Lipinski definition) is 0. The van der Waals surface area contributed by atoms with Crippen LogP contribution in [0.15, 0.2) is 42.5 Å². The average Bonchev–Trinajstić information content (AvgIpc) is 2.76. The van der Waals surface area contributed by atoms with Crippen molar-refractivity contribution < 1.29 is 40.8 Å². The molecule has 0 saturated carbocycles. The number of carbonyl (C=O) groups is 1. The predicted octanol–water partition coefficient (Wildman–Crippen LogP) is 4.36. The lowest BCUT2D eigenvalue weighted by Gasteiger charge is -2.36. The second kappa shape index (κ2) is 9.16. The van der Waals surface area contributed by atoms with E-state index in [4.69, 9.17) is 4.74 Å². The van der Waals surface area contributed by atoms with Gasteiger partial charge in [-0.2, -0.15) is 26.3 Å². The van der Waals surface area contributed by atoms with Crippen molar-refractivity contribution in [3.05, 3.63) is 63.7 Å². The van der Waals surface area contributed by atoms with Gasteiger partial charge in [-0.05, 0) is 24.3 Å². The van der Waals surface area contributed by atoms with Crippen LogP contribution in [0.25, 0.3) is 0 Å². The number of hydrogen-bond acceptors (Lipinski definition) is 5. The highest BCUT2D eigenvalue weighted by Crippen LogP contribution is 2.38. The summed E-state index contributed by atoms with van der Waals surface area (Å²) in [7, 11) is 0. The molecule has 1 aliphatic rings. The Kier molecular flexibility index (Phi) is 6.70. The number of piperazine rings is 1. The highest BCUT2D eigenvalue weighted by molar-refractivity contribution is 5.78. The molecule has 178 valence electrons. The number of nitrogens with zero attached hydrogens (tertiary/aromatic N) is 3. The number of benzene rings is 2. The molecule has 2 aromatic carbocycles. The zero-order chi connectivity index (χ0) is 24.4. The summed E-state index contributed by atoms with van der Waals surface area (Å²) in [5.74, 6) is -1.33. The summed E-state index contributed by atoms with van der Waals surface area (Å²) in [5, 5.41) is 10.9. The van der Waals surface area contributed by atoms with Crippen LogP contribution in [0.4, 0.5) is 37.7 Å². The number of alkyl halides is 6. The van der Waals surface area contributed by atoms with Crippen molar-refractivity contribution in [1.82, 2.24) is 4.90 Å². The van der Waals surface area contributed by atoms with E-state index in [1.807, 2.05) is 4.90 Å². The van der Waals surface area contributed by atoms with Crippen LogP contribution in [0.2, 0.25) is 0 Å². The molecule has 0 unspecified atom stereocenters. The zero-order valence-corrected chi connectivity index (χ0v) is 16.8. The van der Waals surface area contributed by atoms with Crippen molar-refractivity contribution in [3.63, 3.8) is 0 Å². The van der Waals surface area contributed by atoms with E-state index in [1.54, 1.807) is 6.07 Å². The number of non-ortho nitro benzene ring substituents is 1. The lowest BCUT2D eigenvalue weighted by atomic mass is 10.1. The SMILES string of the molecule is O=C(COc1cc(C(F)(F)F)cc(C(F)(F)F)c1)N1CCN(c2cccc([N+](=O)[O-])c2)CC1. The number of carbonyl (C=O) groups excluding carboxylic acids is 1. The zero-order valence-electron chi connectivity index (χ0n) is 16.8. The fourth-order valence-corrected chi connectivity index (χ4v) is 3.26. The van der Waals surface area contributed by atoms with Gasteiger partial charge in [0, 0.05) is 44.0 Å². The molecule has 0 atom stereocenters. The minimum absolute atomic E-state index is 0.0260. The number of anilines is 1. The highest BCUT2D eigenvalue weighted by Gasteiger charge is 2.37. The number of nitro benzene ring substituents is 1. The van der Waals surface area contributed by atoms with Gasteiger partial charge < -0.3 is 14.5 Å². The van der Waals surface area contributed by atoms with Crippen molar-refractivity contribution >= 4 is 17.3 Å². The van der Waals surface area contributed by atoms with Crippen molar-refractivity contribution in [2.45, 2.75) is 12.4 Å². The molecule has 1 saturated heterocycles. The van der Waals surface area contributed by atoms with Crippen LogP contribution >= 0.6 is 0 Å². The van der Waals surface area contributed by atoms with Crippen LogP contribution in [-0.2, 0) is 17.1 Å². The average molecular weight is 477 g/mol. The summed E-state index contributed by atoms with van der Waals surface area (Å²) in [4.78, 5) is 25.9. The van der Waals surface area contributed by atoms with Crippen LogP contribution in [0.5, 0.6) is 5.75 Å². The van der Waals surface area contributed by atoms with Gasteiger partial charge in [-0.15, -0.1) is 0 Å².